The van der Waals surface area contributed by atoms with Gasteiger partial charge in [-0.25, -0.2) is 0 Å². The van der Waals surface area contributed by atoms with E-state index in [-0.39, 0.29) is 0 Å². The predicted octanol–water partition coefficient (Wildman–Crippen LogP) is 2.13. The lowest BCUT2D eigenvalue weighted by molar-refractivity contribution is 0.115. The van der Waals surface area contributed by atoms with Crippen molar-refractivity contribution in [3.8, 4) is 5.75 Å². The Morgan fingerprint density at radius 3 is 2.64 bits per heavy atom. The van der Waals surface area contributed by atoms with Gasteiger partial charge in [-0.2, -0.15) is 0 Å². The molecule has 0 heterocycles. The van der Waals surface area contributed by atoms with Crippen molar-refractivity contribution in [1.29, 1.82) is 0 Å². The first-order valence-corrected chi connectivity index (χ1v) is 7.85. The number of guanidine groups is 1. The summed E-state index contributed by atoms with van der Waals surface area (Å²) in [4.78, 5) is 6.41. The SMILES string of the molecule is CN=C(NCc1ccc(OC)cc1)N(C)CCOCC1CC1. The Hall–Kier alpha value is -1.75. The van der Waals surface area contributed by atoms with E-state index in [2.05, 4.69) is 27.3 Å². The minimum absolute atomic E-state index is 0.740. The van der Waals surface area contributed by atoms with Crippen LogP contribution in [-0.2, 0) is 11.3 Å². The molecule has 0 saturated heterocycles. The molecule has 0 unspecified atom stereocenters. The number of rotatable bonds is 8. The normalized spacial score (nSPS) is 14.8. The van der Waals surface area contributed by atoms with Gasteiger partial charge in [0.2, 0.25) is 0 Å². The second kappa shape index (κ2) is 8.63. The Balaban J connectivity index is 1.70. The molecular weight excluding hydrogens is 278 g/mol. The lowest BCUT2D eigenvalue weighted by Gasteiger charge is -2.22. The summed E-state index contributed by atoms with van der Waals surface area (Å²) >= 11 is 0. The molecule has 1 aromatic rings. The molecule has 2 rings (SSSR count). The Bertz CT molecular complexity index is 469. The second-order valence-corrected chi connectivity index (χ2v) is 5.69. The van der Waals surface area contributed by atoms with E-state index in [1.54, 1.807) is 14.2 Å². The molecule has 0 amide bonds. The van der Waals surface area contributed by atoms with E-state index in [1.807, 2.05) is 19.2 Å². The van der Waals surface area contributed by atoms with Crippen LogP contribution in [0.15, 0.2) is 29.3 Å². The van der Waals surface area contributed by atoms with Crippen molar-refractivity contribution in [2.24, 2.45) is 10.9 Å². The summed E-state index contributed by atoms with van der Waals surface area (Å²) in [6.07, 6.45) is 2.67. The van der Waals surface area contributed by atoms with Gasteiger partial charge in [-0.05, 0) is 36.5 Å². The molecule has 1 aromatic carbocycles. The van der Waals surface area contributed by atoms with Gasteiger partial charge in [0.15, 0.2) is 5.96 Å². The molecule has 1 saturated carbocycles. The zero-order valence-corrected chi connectivity index (χ0v) is 13.8. The zero-order valence-electron chi connectivity index (χ0n) is 13.8. The van der Waals surface area contributed by atoms with E-state index in [4.69, 9.17) is 9.47 Å². The number of methoxy groups -OCH3 is 1. The molecule has 5 heteroatoms. The smallest absolute Gasteiger partial charge is 0.193 e. The van der Waals surface area contributed by atoms with Crippen LogP contribution in [0.1, 0.15) is 18.4 Å². The fraction of sp³-hybridized carbons (Fsp3) is 0.588. The van der Waals surface area contributed by atoms with Gasteiger partial charge in [-0.15, -0.1) is 0 Å². The van der Waals surface area contributed by atoms with Gasteiger partial charge in [0, 0.05) is 33.8 Å². The van der Waals surface area contributed by atoms with Gasteiger partial charge in [0.1, 0.15) is 5.75 Å². The molecule has 1 aliphatic rings. The topological polar surface area (TPSA) is 46.1 Å². The molecule has 1 fully saturated rings. The van der Waals surface area contributed by atoms with Gasteiger partial charge >= 0.3 is 0 Å². The van der Waals surface area contributed by atoms with Crippen LogP contribution in [0.4, 0.5) is 0 Å². The van der Waals surface area contributed by atoms with E-state index >= 15 is 0 Å². The minimum atomic E-state index is 0.740. The molecule has 0 aromatic heterocycles. The van der Waals surface area contributed by atoms with Gasteiger partial charge < -0.3 is 19.7 Å². The number of hydrogen-bond donors (Lipinski definition) is 1. The lowest BCUT2D eigenvalue weighted by atomic mass is 10.2. The van der Waals surface area contributed by atoms with Crippen LogP contribution in [0.25, 0.3) is 0 Å². The molecular formula is C17H27N3O2. The van der Waals surface area contributed by atoms with Gasteiger partial charge in [-0.3, -0.25) is 4.99 Å². The van der Waals surface area contributed by atoms with E-state index in [0.29, 0.717) is 0 Å². The monoisotopic (exact) mass is 305 g/mol. The third-order valence-electron chi connectivity index (χ3n) is 3.80. The maximum absolute atomic E-state index is 5.67. The Labute approximate surface area is 133 Å². The van der Waals surface area contributed by atoms with Crippen LogP contribution in [0.2, 0.25) is 0 Å². The van der Waals surface area contributed by atoms with Crippen molar-refractivity contribution in [2.75, 3.05) is 41.0 Å². The number of nitrogens with one attached hydrogen (secondary N) is 1. The molecule has 22 heavy (non-hydrogen) atoms. The lowest BCUT2D eigenvalue weighted by Crippen LogP contribution is -2.40. The summed E-state index contributed by atoms with van der Waals surface area (Å²) in [6, 6.07) is 8.04. The second-order valence-electron chi connectivity index (χ2n) is 5.69. The molecule has 0 radical (unpaired) electrons. The number of hydrogen-bond acceptors (Lipinski definition) is 3. The molecule has 0 aliphatic heterocycles. The minimum Gasteiger partial charge on any atom is -0.497 e. The van der Waals surface area contributed by atoms with Gasteiger partial charge in [0.05, 0.1) is 13.7 Å². The summed E-state index contributed by atoms with van der Waals surface area (Å²) in [5, 5.41) is 3.36. The van der Waals surface area contributed by atoms with Crippen LogP contribution in [-0.4, -0.2) is 51.8 Å². The summed E-state index contributed by atoms with van der Waals surface area (Å²) in [7, 11) is 5.51. The van der Waals surface area contributed by atoms with E-state index in [1.165, 1.54) is 18.4 Å². The van der Waals surface area contributed by atoms with Crippen LogP contribution in [0.3, 0.4) is 0 Å². The van der Waals surface area contributed by atoms with Gasteiger partial charge in [0.25, 0.3) is 0 Å². The molecule has 1 aliphatic carbocycles. The quantitative estimate of drug-likeness (QED) is 0.454. The van der Waals surface area contributed by atoms with Crippen molar-refractivity contribution in [3.63, 3.8) is 0 Å². The summed E-state index contributed by atoms with van der Waals surface area (Å²) in [5.41, 5.74) is 1.19. The van der Waals surface area contributed by atoms with Crippen molar-refractivity contribution >= 4 is 5.96 Å². The van der Waals surface area contributed by atoms with Crippen LogP contribution in [0, 0.1) is 5.92 Å². The predicted molar refractivity (Wildman–Crippen MR) is 89.4 cm³/mol. The highest BCUT2D eigenvalue weighted by Gasteiger charge is 2.21. The fourth-order valence-corrected chi connectivity index (χ4v) is 2.15. The van der Waals surface area contributed by atoms with E-state index in [0.717, 1.165) is 43.9 Å². The van der Waals surface area contributed by atoms with Gasteiger partial charge in [-0.1, -0.05) is 12.1 Å². The fourth-order valence-electron chi connectivity index (χ4n) is 2.15. The largest absolute Gasteiger partial charge is 0.497 e. The third kappa shape index (κ3) is 5.56. The summed E-state index contributed by atoms with van der Waals surface area (Å²) in [5.74, 6) is 2.57. The highest BCUT2D eigenvalue weighted by Crippen LogP contribution is 2.28. The summed E-state index contributed by atoms with van der Waals surface area (Å²) < 4.78 is 10.8. The zero-order chi connectivity index (χ0) is 15.8. The molecule has 0 atom stereocenters. The van der Waals surface area contributed by atoms with Crippen LogP contribution < -0.4 is 10.1 Å². The highest BCUT2D eigenvalue weighted by molar-refractivity contribution is 5.79. The molecule has 122 valence electrons. The molecule has 1 N–H and O–H groups in total. The van der Waals surface area contributed by atoms with Crippen LogP contribution >= 0.6 is 0 Å². The molecule has 5 nitrogen and oxygen atoms in total. The first-order valence-electron chi connectivity index (χ1n) is 7.85. The maximum Gasteiger partial charge on any atom is 0.193 e. The molecule has 0 spiro atoms. The average molecular weight is 305 g/mol. The Kier molecular flexibility index (Phi) is 6.52. The van der Waals surface area contributed by atoms with E-state index in [9.17, 15) is 0 Å². The number of aliphatic imine (C=N–C) groups is 1. The Morgan fingerprint density at radius 1 is 1.32 bits per heavy atom. The van der Waals surface area contributed by atoms with Crippen molar-refractivity contribution in [1.82, 2.24) is 10.2 Å². The Morgan fingerprint density at radius 2 is 2.05 bits per heavy atom. The third-order valence-corrected chi connectivity index (χ3v) is 3.80. The summed E-state index contributed by atoms with van der Waals surface area (Å²) in [6.45, 7) is 3.24. The standard InChI is InChI=1S/C17H27N3O2/c1-18-17(20(2)10-11-22-13-15-4-5-15)19-12-14-6-8-16(21-3)9-7-14/h6-9,15H,4-5,10-13H2,1-3H3,(H,18,19). The van der Waals surface area contributed by atoms with Crippen molar-refractivity contribution in [3.05, 3.63) is 29.8 Å². The first kappa shape index (κ1) is 16.6. The maximum atomic E-state index is 5.67. The highest BCUT2D eigenvalue weighted by atomic mass is 16.5. The van der Waals surface area contributed by atoms with Crippen LogP contribution in [0.5, 0.6) is 5.75 Å². The van der Waals surface area contributed by atoms with Crippen molar-refractivity contribution in [2.45, 2.75) is 19.4 Å². The average Bonchev–Trinajstić information content (AvgIpc) is 3.37. The number of likely N-dealkylation sites (N-methyl/N-ethyl adjacent to an activating group) is 1. The van der Waals surface area contributed by atoms with E-state index < -0.39 is 0 Å². The van der Waals surface area contributed by atoms with Crippen molar-refractivity contribution < 1.29 is 9.47 Å². The molecule has 0 bridgehead atoms. The first-order chi connectivity index (χ1) is 10.7. The number of nitrogens with zero attached hydrogens (tertiary/aromatic N) is 2. The number of benzene rings is 1. The number of ether oxygens (including phenoxy) is 2.